The standard InChI is InChI=1S/C19H16N4O/c1-2-18(24)13-7-9-15(10-8-13)23-12-17(21-22-23)19-16-6-4-3-5-14(16)11-20-19/h3-10,12H,2,11H2,1H3. The van der Waals surface area contributed by atoms with E-state index in [2.05, 4.69) is 27.4 Å². The number of aromatic nitrogens is 3. The topological polar surface area (TPSA) is 60.1 Å². The third kappa shape index (κ3) is 2.44. The Labute approximate surface area is 139 Å². The number of nitrogens with zero attached hydrogens (tertiary/aromatic N) is 4. The summed E-state index contributed by atoms with van der Waals surface area (Å²) in [5.74, 6) is 0.137. The van der Waals surface area contributed by atoms with Crippen molar-refractivity contribution in [2.24, 2.45) is 4.99 Å². The predicted octanol–water partition coefficient (Wildman–Crippen LogP) is 3.21. The van der Waals surface area contributed by atoms with E-state index in [9.17, 15) is 4.79 Å². The SMILES string of the molecule is CCC(=O)c1ccc(-n2cc(C3=NCc4ccccc43)nn2)cc1. The molecule has 4 rings (SSSR count). The van der Waals surface area contributed by atoms with Gasteiger partial charge in [-0.1, -0.05) is 36.4 Å². The van der Waals surface area contributed by atoms with E-state index in [1.807, 2.05) is 49.5 Å². The number of hydrogen-bond donors (Lipinski definition) is 0. The second kappa shape index (κ2) is 5.85. The van der Waals surface area contributed by atoms with Crippen molar-refractivity contribution in [2.45, 2.75) is 19.9 Å². The minimum Gasteiger partial charge on any atom is -0.294 e. The highest BCUT2D eigenvalue weighted by molar-refractivity contribution is 6.13. The molecule has 0 fully saturated rings. The fourth-order valence-electron chi connectivity index (χ4n) is 2.86. The van der Waals surface area contributed by atoms with Crippen LogP contribution < -0.4 is 0 Å². The van der Waals surface area contributed by atoms with Crippen molar-refractivity contribution in [1.29, 1.82) is 0 Å². The molecular weight excluding hydrogens is 300 g/mol. The average Bonchev–Trinajstić information content (AvgIpc) is 3.28. The van der Waals surface area contributed by atoms with Crippen LogP contribution in [0.2, 0.25) is 0 Å². The maximum atomic E-state index is 11.7. The van der Waals surface area contributed by atoms with E-state index in [4.69, 9.17) is 0 Å². The van der Waals surface area contributed by atoms with Crippen LogP contribution in [0.4, 0.5) is 0 Å². The first kappa shape index (κ1) is 14.5. The van der Waals surface area contributed by atoms with E-state index >= 15 is 0 Å². The van der Waals surface area contributed by atoms with E-state index in [0.717, 1.165) is 28.2 Å². The monoisotopic (exact) mass is 316 g/mol. The summed E-state index contributed by atoms with van der Waals surface area (Å²) in [5.41, 5.74) is 5.56. The number of rotatable bonds is 4. The molecule has 2 heterocycles. The summed E-state index contributed by atoms with van der Waals surface area (Å²) in [6, 6.07) is 15.6. The zero-order valence-electron chi connectivity index (χ0n) is 13.3. The van der Waals surface area contributed by atoms with Crippen LogP contribution in [0.25, 0.3) is 5.69 Å². The molecule has 1 aliphatic heterocycles. The van der Waals surface area contributed by atoms with E-state index in [-0.39, 0.29) is 5.78 Å². The van der Waals surface area contributed by atoms with Gasteiger partial charge in [-0.05, 0) is 29.8 Å². The number of fused-ring (bicyclic) bond motifs is 1. The van der Waals surface area contributed by atoms with Crippen molar-refractivity contribution in [2.75, 3.05) is 0 Å². The Bertz CT molecular complexity index is 938. The van der Waals surface area contributed by atoms with Gasteiger partial charge in [-0.25, -0.2) is 4.68 Å². The second-order valence-electron chi connectivity index (χ2n) is 5.69. The van der Waals surface area contributed by atoms with Crippen LogP contribution in [0.1, 0.15) is 40.5 Å². The van der Waals surface area contributed by atoms with Crippen LogP contribution in [0.15, 0.2) is 59.7 Å². The Kier molecular flexibility index (Phi) is 3.54. The van der Waals surface area contributed by atoms with Crippen LogP contribution >= 0.6 is 0 Å². The Morgan fingerprint density at radius 2 is 1.92 bits per heavy atom. The summed E-state index contributed by atoms with van der Waals surface area (Å²) in [7, 11) is 0. The van der Waals surface area contributed by atoms with Crippen LogP contribution in [0.3, 0.4) is 0 Å². The van der Waals surface area contributed by atoms with E-state index in [1.165, 1.54) is 5.56 Å². The van der Waals surface area contributed by atoms with Gasteiger partial charge in [0.05, 0.1) is 24.1 Å². The lowest BCUT2D eigenvalue weighted by Crippen LogP contribution is -2.01. The molecule has 2 aromatic carbocycles. The molecular formula is C19H16N4O. The first-order chi connectivity index (χ1) is 11.8. The van der Waals surface area contributed by atoms with E-state index < -0.39 is 0 Å². The van der Waals surface area contributed by atoms with Gasteiger partial charge in [-0.2, -0.15) is 0 Å². The molecule has 118 valence electrons. The van der Waals surface area contributed by atoms with Gasteiger partial charge in [-0.15, -0.1) is 5.10 Å². The van der Waals surface area contributed by atoms with Gasteiger partial charge in [0.1, 0.15) is 5.69 Å². The van der Waals surface area contributed by atoms with Crippen molar-refractivity contribution >= 4 is 11.5 Å². The van der Waals surface area contributed by atoms with Crippen molar-refractivity contribution in [3.05, 3.63) is 77.1 Å². The fourth-order valence-corrected chi connectivity index (χ4v) is 2.86. The minimum absolute atomic E-state index is 0.137. The molecule has 5 nitrogen and oxygen atoms in total. The highest BCUT2D eigenvalue weighted by atomic mass is 16.1. The molecule has 0 N–H and O–H groups in total. The maximum absolute atomic E-state index is 11.7. The largest absolute Gasteiger partial charge is 0.294 e. The molecule has 0 radical (unpaired) electrons. The molecule has 1 aliphatic rings. The Morgan fingerprint density at radius 1 is 1.12 bits per heavy atom. The maximum Gasteiger partial charge on any atom is 0.162 e. The Morgan fingerprint density at radius 3 is 2.71 bits per heavy atom. The zero-order valence-corrected chi connectivity index (χ0v) is 13.3. The summed E-state index contributed by atoms with van der Waals surface area (Å²) >= 11 is 0. The summed E-state index contributed by atoms with van der Waals surface area (Å²) in [6.07, 6.45) is 2.38. The number of carbonyl (C=O) groups excluding carboxylic acids is 1. The van der Waals surface area contributed by atoms with Crippen LogP contribution in [-0.4, -0.2) is 26.5 Å². The molecule has 1 aromatic heterocycles. The quantitative estimate of drug-likeness (QED) is 0.694. The van der Waals surface area contributed by atoms with E-state index in [1.54, 1.807) is 4.68 Å². The normalized spacial score (nSPS) is 12.8. The zero-order chi connectivity index (χ0) is 16.5. The molecule has 0 unspecified atom stereocenters. The minimum atomic E-state index is 0.137. The van der Waals surface area contributed by atoms with Crippen molar-refractivity contribution in [3.63, 3.8) is 0 Å². The number of carbonyl (C=O) groups is 1. The summed E-state index contributed by atoms with van der Waals surface area (Å²) in [5, 5.41) is 8.46. The van der Waals surface area contributed by atoms with Crippen molar-refractivity contribution in [1.82, 2.24) is 15.0 Å². The van der Waals surface area contributed by atoms with Gasteiger partial charge >= 0.3 is 0 Å². The molecule has 0 aliphatic carbocycles. The van der Waals surface area contributed by atoms with Gasteiger partial charge in [0.25, 0.3) is 0 Å². The lowest BCUT2D eigenvalue weighted by molar-refractivity contribution is 0.0988. The number of aliphatic imine (C=N–C) groups is 1. The fraction of sp³-hybridized carbons (Fsp3) is 0.158. The van der Waals surface area contributed by atoms with Crippen LogP contribution in [0, 0.1) is 0 Å². The molecule has 5 heteroatoms. The summed E-state index contributed by atoms with van der Waals surface area (Å²) in [4.78, 5) is 16.3. The smallest absolute Gasteiger partial charge is 0.162 e. The first-order valence-electron chi connectivity index (χ1n) is 7.95. The van der Waals surface area contributed by atoms with Crippen molar-refractivity contribution in [3.8, 4) is 5.69 Å². The first-order valence-corrected chi connectivity index (χ1v) is 7.95. The lowest BCUT2D eigenvalue weighted by atomic mass is 10.0. The number of hydrogen-bond acceptors (Lipinski definition) is 4. The third-order valence-corrected chi connectivity index (χ3v) is 4.19. The number of benzene rings is 2. The molecule has 24 heavy (non-hydrogen) atoms. The summed E-state index contributed by atoms with van der Waals surface area (Å²) in [6.45, 7) is 2.55. The van der Waals surface area contributed by atoms with Gasteiger partial charge in [-0.3, -0.25) is 9.79 Å². The van der Waals surface area contributed by atoms with Gasteiger partial charge in [0.2, 0.25) is 0 Å². The van der Waals surface area contributed by atoms with Crippen LogP contribution in [0.5, 0.6) is 0 Å². The van der Waals surface area contributed by atoms with E-state index in [0.29, 0.717) is 13.0 Å². The average molecular weight is 316 g/mol. The summed E-state index contributed by atoms with van der Waals surface area (Å²) < 4.78 is 1.71. The number of Topliss-reactive ketones (excluding diaryl/α,β-unsaturated/α-hetero) is 1. The van der Waals surface area contributed by atoms with Gasteiger partial charge in [0, 0.05) is 17.5 Å². The van der Waals surface area contributed by atoms with Gasteiger partial charge < -0.3 is 0 Å². The number of ketones is 1. The highest BCUT2D eigenvalue weighted by Gasteiger charge is 2.19. The Hall–Kier alpha value is -3.08. The molecule has 0 atom stereocenters. The molecule has 0 bridgehead atoms. The highest BCUT2D eigenvalue weighted by Crippen LogP contribution is 2.22. The third-order valence-electron chi connectivity index (χ3n) is 4.19. The predicted molar refractivity (Wildman–Crippen MR) is 91.8 cm³/mol. The lowest BCUT2D eigenvalue weighted by Gasteiger charge is -2.02. The van der Waals surface area contributed by atoms with Gasteiger partial charge in [0.15, 0.2) is 5.78 Å². The molecule has 0 spiro atoms. The molecule has 3 aromatic rings. The Balaban J connectivity index is 1.63. The molecule has 0 saturated heterocycles. The molecule has 0 saturated carbocycles. The van der Waals surface area contributed by atoms with Crippen molar-refractivity contribution < 1.29 is 4.79 Å². The van der Waals surface area contributed by atoms with Crippen LogP contribution in [-0.2, 0) is 6.54 Å². The second-order valence-corrected chi connectivity index (χ2v) is 5.69. The molecule has 0 amide bonds.